The number of amides is 1. The largest absolute Gasteiger partial charge is 0.497 e. The lowest BCUT2D eigenvalue weighted by Crippen LogP contribution is -2.17. The van der Waals surface area contributed by atoms with E-state index in [9.17, 15) is 18.0 Å². The van der Waals surface area contributed by atoms with E-state index in [0.717, 1.165) is 4.68 Å². The van der Waals surface area contributed by atoms with Gasteiger partial charge in [-0.15, -0.1) is 0 Å². The van der Waals surface area contributed by atoms with Crippen molar-refractivity contribution in [2.75, 3.05) is 7.11 Å². The number of alkyl halides is 3. The Morgan fingerprint density at radius 1 is 1.39 bits per heavy atom. The Kier molecular flexibility index (Phi) is 4.87. The predicted molar refractivity (Wildman–Crippen MR) is 74.8 cm³/mol. The molecule has 1 amide bonds. The van der Waals surface area contributed by atoms with Crippen LogP contribution in [0.3, 0.4) is 0 Å². The maximum atomic E-state index is 12.7. The van der Waals surface area contributed by atoms with Crippen LogP contribution < -0.4 is 10.5 Å². The number of primary amides is 1. The molecular weight excluding hydrogens is 313 g/mol. The van der Waals surface area contributed by atoms with Crippen LogP contribution in [0.25, 0.3) is 0 Å². The molecule has 0 radical (unpaired) electrons. The lowest BCUT2D eigenvalue weighted by atomic mass is 10.2. The molecule has 6 nitrogen and oxygen atoms in total. The molecule has 2 aromatic rings. The second-order valence-corrected chi connectivity index (χ2v) is 4.89. The number of methoxy groups -OCH3 is 1. The summed E-state index contributed by atoms with van der Waals surface area (Å²) in [5, 5.41) is 3.95. The fraction of sp³-hybridized carbons (Fsp3) is 0.357. The maximum absolute atomic E-state index is 12.7. The van der Waals surface area contributed by atoms with Gasteiger partial charge in [-0.3, -0.25) is 4.79 Å². The molecule has 124 valence electrons. The number of carbonyl (C=O) groups excluding carboxylic acids is 1. The number of ether oxygens (including phenoxy) is 1. The number of aromatic nitrogens is 3. The number of rotatable bonds is 6. The van der Waals surface area contributed by atoms with Crippen LogP contribution in [-0.2, 0) is 24.2 Å². The SMILES string of the molecule is COc1cccc(Cn2nc(CC(N)=O)nc2CC(F)(F)F)c1. The van der Waals surface area contributed by atoms with Crippen molar-refractivity contribution in [2.24, 2.45) is 5.73 Å². The number of halogens is 3. The fourth-order valence-electron chi connectivity index (χ4n) is 2.04. The Morgan fingerprint density at radius 2 is 2.13 bits per heavy atom. The number of benzene rings is 1. The molecule has 9 heteroatoms. The van der Waals surface area contributed by atoms with Crippen LogP contribution in [0.2, 0.25) is 0 Å². The van der Waals surface area contributed by atoms with Gasteiger partial charge in [-0.1, -0.05) is 12.1 Å². The minimum atomic E-state index is -4.43. The van der Waals surface area contributed by atoms with E-state index in [4.69, 9.17) is 10.5 Å². The van der Waals surface area contributed by atoms with Gasteiger partial charge < -0.3 is 10.5 Å². The summed E-state index contributed by atoms with van der Waals surface area (Å²) in [6, 6.07) is 6.86. The Morgan fingerprint density at radius 3 is 2.74 bits per heavy atom. The molecule has 0 saturated heterocycles. The molecule has 23 heavy (non-hydrogen) atoms. The molecule has 0 fully saturated rings. The average molecular weight is 328 g/mol. The molecule has 1 aromatic heterocycles. The third kappa shape index (κ3) is 4.97. The van der Waals surface area contributed by atoms with Gasteiger partial charge in [-0.25, -0.2) is 9.67 Å². The fourth-order valence-corrected chi connectivity index (χ4v) is 2.04. The van der Waals surface area contributed by atoms with E-state index in [-0.39, 0.29) is 24.6 Å². The molecular formula is C14H15F3N4O2. The molecule has 0 aliphatic heterocycles. The highest BCUT2D eigenvalue weighted by Gasteiger charge is 2.31. The Bertz CT molecular complexity index is 698. The van der Waals surface area contributed by atoms with Crippen LogP contribution in [0.1, 0.15) is 17.2 Å². The van der Waals surface area contributed by atoms with E-state index in [1.807, 2.05) is 0 Å². The van der Waals surface area contributed by atoms with Crippen molar-refractivity contribution in [3.05, 3.63) is 41.5 Å². The van der Waals surface area contributed by atoms with Crippen LogP contribution in [0, 0.1) is 0 Å². The highest BCUT2D eigenvalue weighted by molar-refractivity contribution is 5.75. The standard InChI is InChI=1S/C14H15F3N4O2/c1-23-10-4-2-3-9(5-10)8-21-13(7-14(15,16)17)19-12(20-21)6-11(18)22/h2-5H,6-8H2,1H3,(H2,18,22). The highest BCUT2D eigenvalue weighted by Crippen LogP contribution is 2.21. The van der Waals surface area contributed by atoms with Crippen molar-refractivity contribution in [3.8, 4) is 5.75 Å². The van der Waals surface area contributed by atoms with Crippen LogP contribution in [0.4, 0.5) is 13.2 Å². The van der Waals surface area contributed by atoms with E-state index in [1.54, 1.807) is 24.3 Å². The van der Waals surface area contributed by atoms with Gasteiger partial charge in [-0.05, 0) is 17.7 Å². The summed E-state index contributed by atoms with van der Waals surface area (Å²) in [5.41, 5.74) is 5.73. The van der Waals surface area contributed by atoms with Gasteiger partial charge in [0.15, 0.2) is 5.82 Å². The third-order valence-corrected chi connectivity index (χ3v) is 2.95. The summed E-state index contributed by atoms with van der Waals surface area (Å²) in [7, 11) is 1.49. The zero-order valence-electron chi connectivity index (χ0n) is 12.3. The molecule has 0 spiro atoms. The van der Waals surface area contributed by atoms with Crippen LogP contribution in [0.15, 0.2) is 24.3 Å². The summed E-state index contributed by atoms with van der Waals surface area (Å²) < 4.78 is 44.2. The molecule has 0 atom stereocenters. The smallest absolute Gasteiger partial charge is 0.396 e. The molecule has 0 unspecified atom stereocenters. The summed E-state index contributed by atoms with van der Waals surface area (Å²) >= 11 is 0. The zero-order valence-corrected chi connectivity index (χ0v) is 12.3. The first-order valence-electron chi connectivity index (χ1n) is 6.67. The number of hydrogen-bond donors (Lipinski definition) is 1. The number of nitrogens with two attached hydrogens (primary N) is 1. The summed E-state index contributed by atoms with van der Waals surface area (Å²) in [6.07, 6.45) is -5.97. The van der Waals surface area contributed by atoms with Crippen LogP contribution in [0.5, 0.6) is 5.75 Å². The Hall–Kier alpha value is -2.58. The lowest BCUT2D eigenvalue weighted by molar-refractivity contribution is -0.129. The Balaban J connectivity index is 2.30. The first-order valence-corrected chi connectivity index (χ1v) is 6.67. The minimum absolute atomic E-state index is 0.0281. The van der Waals surface area contributed by atoms with E-state index in [0.29, 0.717) is 11.3 Å². The van der Waals surface area contributed by atoms with E-state index in [1.165, 1.54) is 7.11 Å². The monoisotopic (exact) mass is 328 g/mol. The molecule has 0 aliphatic rings. The predicted octanol–water partition coefficient (Wildman–Crippen LogP) is 1.47. The first-order chi connectivity index (χ1) is 10.8. The molecule has 0 saturated carbocycles. The van der Waals surface area contributed by atoms with Gasteiger partial charge in [-0.2, -0.15) is 18.3 Å². The van der Waals surface area contributed by atoms with Crippen molar-refractivity contribution in [2.45, 2.75) is 25.6 Å². The van der Waals surface area contributed by atoms with Gasteiger partial charge in [0.25, 0.3) is 0 Å². The first kappa shape index (κ1) is 16.8. The normalized spacial score (nSPS) is 11.5. The third-order valence-electron chi connectivity index (χ3n) is 2.95. The maximum Gasteiger partial charge on any atom is 0.396 e. The van der Waals surface area contributed by atoms with E-state index < -0.39 is 18.5 Å². The number of hydrogen-bond acceptors (Lipinski definition) is 4. The van der Waals surface area contributed by atoms with Gasteiger partial charge in [0.1, 0.15) is 18.0 Å². The highest BCUT2D eigenvalue weighted by atomic mass is 19.4. The van der Waals surface area contributed by atoms with Crippen LogP contribution in [-0.4, -0.2) is 34.0 Å². The molecule has 0 bridgehead atoms. The molecule has 1 aromatic carbocycles. The van der Waals surface area contributed by atoms with Crippen LogP contribution >= 0.6 is 0 Å². The molecule has 2 N–H and O–H groups in total. The van der Waals surface area contributed by atoms with E-state index in [2.05, 4.69) is 10.1 Å². The van der Waals surface area contributed by atoms with Gasteiger partial charge in [0, 0.05) is 0 Å². The van der Waals surface area contributed by atoms with Crippen molar-refractivity contribution in [1.82, 2.24) is 14.8 Å². The van der Waals surface area contributed by atoms with Gasteiger partial charge >= 0.3 is 6.18 Å². The second-order valence-electron chi connectivity index (χ2n) is 4.89. The average Bonchev–Trinajstić information content (AvgIpc) is 2.77. The summed E-state index contributed by atoms with van der Waals surface area (Å²) in [4.78, 5) is 14.7. The van der Waals surface area contributed by atoms with Crippen molar-refractivity contribution < 1.29 is 22.7 Å². The topological polar surface area (TPSA) is 83.0 Å². The minimum Gasteiger partial charge on any atom is -0.497 e. The number of carbonyl (C=O) groups is 1. The van der Waals surface area contributed by atoms with Gasteiger partial charge in [0.2, 0.25) is 5.91 Å². The summed E-state index contributed by atoms with van der Waals surface area (Å²) in [6.45, 7) is 0.0778. The summed E-state index contributed by atoms with van der Waals surface area (Å²) in [5.74, 6) is -0.421. The van der Waals surface area contributed by atoms with Crippen molar-refractivity contribution in [3.63, 3.8) is 0 Å². The molecule has 2 rings (SSSR count). The Labute approximate surface area is 130 Å². The molecule has 1 heterocycles. The zero-order chi connectivity index (χ0) is 17.0. The van der Waals surface area contributed by atoms with Crippen molar-refractivity contribution >= 4 is 5.91 Å². The lowest BCUT2D eigenvalue weighted by Gasteiger charge is -2.09. The van der Waals surface area contributed by atoms with Gasteiger partial charge in [0.05, 0.1) is 20.1 Å². The van der Waals surface area contributed by atoms with E-state index >= 15 is 0 Å². The quantitative estimate of drug-likeness (QED) is 0.870. The number of nitrogens with zero attached hydrogens (tertiary/aromatic N) is 3. The second kappa shape index (κ2) is 6.67. The molecule has 0 aliphatic carbocycles. The van der Waals surface area contributed by atoms with Crippen molar-refractivity contribution in [1.29, 1.82) is 0 Å².